The third-order valence-electron chi connectivity index (χ3n) is 0.794. The number of hydrogen-bond acceptors (Lipinski definition) is 5. The number of carbonyl (C=O) groups excluding carboxylic acids is 3. The van der Waals surface area contributed by atoms with Gasteiger partial charge in [-0.05, 0) is 0 Å². The van der Waals surface area contributed by atoms with Crippen LogP contribution >= 0.6 is 0 Å². The van der Waals surface area contributed by atoms with Crippen molar-refractivity contribution in [2.45, 2.75) is 0 Å². The van der Waals surface area contributed by atoms with Crippen LogP contribution in [0.15, 0.2) is 0 Å². The summed E-state index contributed by atoms with van der Waals surface area (Å²) in [5.41, 5.74) is 0. The Balaban J connectivity index is 4.09. The van der Waals surface area contributed by atoms with Gasteiger partial charge >= 0.3 is 0 Å². The molecule has 0 saturated carbocycles. The summed E-state index contributed by atoms with van der Waals surface area (Å²) in [7, 11) is 0. The van der Waals surface area contributed by atoms with E-state index in [-0.39, 0.29) is 0 Å². The Morgan fingerprint density at radius 3 is 1.40 bits per heavy atom. The molecule has 0 bridgehead atoms. The zero-order valence-electron chi connectivity index (χ0n) is 5.03. The predicted octanol–water partition coefficient (Wildman–Crippen LogP) is -2.32. The monoisotopic (exact) mass is 146 g/mol. The molecule has 0 radical (unpaired) electrons. The average molecular weight is 146 g/mol. The smallest absolute Gasteiger partial charge is 0.268 e. The summed E-state index contributed by atoms with van der Waals surface area (Å²) in [5, 5.41) is 16.1. The first-order chi connectivity index (χ1) is 4.63. The van der Waals surface area contributed by atoms with Crippen LogP contribution < -0.4 is 0 Å². The van der Waals surface area contributed by atoms with Crippen LogP contribution in [0.2, 0.25) is 0 Å². The zero-order chi connectivity index (χ0) is 8.15. The highest BCUT2D eigenvalue weighted by atomic mass is 16.3. The SMILES string of the molecule is O=C(CO)C(=O)C(=O)CO. The summed E-state index contributed by atoms with van der Waals surface area (Å²) >= 11 is 0. The first-order valence-electron chi connectivity index (χ1n) is 2.45. The lowest BCUT2D eigenvalue weighted by Crippen LogP contribution is -2.28. The van der Waals surface area contributed by atoms with Crippen LogP contribution in [0.25, 0.3) is 0 Å². The van der Waals surface area contributed by atoms with Gasteiger partial charge in [-0.1, -0.05) is 0 Å². The minimum absolute atomic E-state index is 0.995. The topological polar surface area (TPSA) is 91.7 Å². The van der Waals surface area contributed by atoms with Crippen LogP contribution in [-0.4, -0.2) is 40.8 Å². The zero-order valence-corrected chi connectivity index (χ0v) is 5.03. The molecule has 0 rings (SSSR count). The van der Waals surface area contributed by atoms with Crippen LogP contribution in [0.4, 0.5) is 0 Å². The van der Waals surface area contributed by atoms with Crippen LogP contribution in [-0.2, 0) is 14.4 Å². The van der Waals surface area contributed by atoms with Gasteiger partial charge in [0.2, 0.25) is 11.6 Å². The van der Waals surface area contributed by atoms with E-state index in [0.29, 0.717) is 0 Å². The molecule has 0 fully saturated rings. The highest BCUT2D eigenvalue weighted by Gasteiger charge is 2.19. The molecule has 0 aromatic heterocycles. The van der Waals surface area contributed by atoms with E-state index in [4.69, 9.17) is 10.2 Å². The molecule has 0 aromatic carbocycles. The number of carbonyl (C=O) groups is 3. The van der Waals surface area contributed by atoms with Crippen molar-refractivity contribution >= 4 is 17.3 Å². The lowest BCUT2D eigenvalue weighted by molar-refractivity contribution is -0.146. The molecule has 0 amide bonds. The Bertz CT molecular complexity index is 153. The van der Waals surface area contributed by atoms with Gasteiger partial charge in [-0.25, -0.2) is 0 Å². The van der Waals surface area contributed by atoms with Crippen LogP contribution in [0.5, 0.6) is 0 Å². The third kappa shape index (κ3) is 2.04. The maximum absolute atomic E-state index is 10.3. The molecule has 0 atom stereocenters. The average Bonchev–Trinajstić information content (AvgIpc) is 2.00. The maximum atomic E-state index is 10.3. The number of aliphatic hydroxyl groups excluding tert-OH is 2. The molecule has 0 aromatic rings. The lowest BCUT2D eigenvalue weighted by Gasteiger charge is -1.90. The number of Topliss-reactive ketones (excluding diaryl/α,β-unsaturated/α-hetero) is 3. The summed E-state index contributed by atoms with van der Waals surface area (Å²) in [5.74, 6) is -3.75. The molecule has 10 heavy (non-hydrogen) atoms. The highest BCUT2D eigenvalue weighted by molar-refractivity contribution is 6.64. The highest BCUT2D eigenvalue weighted by Crippen LogP contribution is 1.78. The van der Waals surface area contributed by atoms with E-state index in [1.54, 1.807) is 0 Å². The molecule has 2 N–H and O–H groups in total. The number of hydrogen-bond donors (Lipinski definition) is 2. The van der Waals surface area contributed by atoms with Crippen molar-refractivity contribution in [1.82, 2.24) is 0 Å². The molecule has 0 heterocycles. The fourth-order valence-electron chi connectivity index (χ4n) is 0.299. The van der Waals surface area contributed by atoms with Gasteiger partial charge in [-0.2, -0.15) is 0 Å². The second-order valence-corrected chi connectivity index (χ2v) is 1.49. The lowest BCUT2D eigenvalue weighted by atomic mass is 10.2. The Morgan fingerprint density at radius 2 is 1.20 bits per heavy atom. The van der Waals surface area contributed by atoms with Gasteiger partial charge < -0.3 is 10.2 Å². The van der Waals surface area contributed by atoms with Crippen LogP contribution in [0.3, 0.4) is 0 Å². The van der Waals surface area contributed by atoms with Crippen molar-refractivity contribution in [2.75, 3.05) is 13.2 Å². The van der Waals surface area contributed by atoms with E-state index in [1.807, 2.05) is 0 Å². The van der Waals surface area contributed by atoms with E-state index in [9.17, 15) is 14.4 Å². The van der Waals surface area contributed by atoms with Crippen molar-refractivity contribution in [3.05, 3.63) is 0 Å². The van der Waals surface area contributed by atoms with Gasteiger partial charge in [0.25, 0.3) is 5.78 Å². The molecule has 5 heteroatoms. The van der Waals surface area contributed by atoms with Gasteiger partial charge in [-0.15, -0.1) is 0 Å². The molecule has 0 aliphatic carbocycles. The summed E-state index contributed by atoms with van der Waals surface area (Å²) in [4.78, 5) is 30.6. The standard InChI is InChI=1S/C5H6O5/c6-1-3(8)5(10)4(9)2-7/h6-7H,1-2H2. The van der Waals surface area contributed by atoms with E-state index in [0.717, 1.165) is 0 Å². The third-order valence-corrected chi connectivity index (χ3v) is 0.794. The fourth-order valence-corrected chi connectivity index (χ4v) is 0.299. The molecular weight excluding hydrogens is 140 g/mol. The van der Waals surface area contributed by atoms with E-state index in [1.165, 1.54) is 0 Å². The van der Waals surface area contributed by atoms with Crippen LogP contribution in [0, 0.1) is 0 Å². The van der Waals surface area contributed by atoms with Gasteiger partial charge in [0.15, 0.2) is 0 Å². The first-order valence-corrected chi connectivity index (χ1v) is 2.45. The van der Waals surface area contributed by atoms with Crippen LogP contribution in [0.1, 0.15) is 0 Å². The molecule has 0 spiro atoms. The molecule has 0 unspecified atom stereocenters. The van der Waals surface area contributed by atoms with Gasteiger partial charge in [-0.3, -0.25) is 14.4 Å². The van der Waals surface area contributed by atoms with Gasteiger partial charge in [0, 0.05) is 0 Å². The van der Waals surface area contributed by atoms with Crippen molar-refractivity contribution in [3.8, 4) is 0 Å². The van der Waals surface area contributed by atoms with E-state index >= 15 is 0 Å². The molecular formula is C5H6O5. The number of ketones is 3. The molecule has 0 saturated heterocycles. The Labute approximate surface area is 56.3 Å². The minimum Gasteiger partial charge on any atom is -0.388 e. The molecule has 5 nitrogen and oxygen atoms in total. The van der Waals surface area contributed by atoms with Crippen molar-refractivity contribution < 1.29 is 24.6 Å². The molecule has 0 aliphatic heterocycles. The van der Waals surface area contributed by atoms with Crippen molar-refractivity contribution in [1.29, 1.82) is 0 Å². The number of aliphatic hydroxyl groups is 2. The Kier molecular flexibility index (Phi) is 3.45. The quantitative estimate of drug-likeness (QED) is 0.343. The predicted molar refractivity (Wildman–Crippen MR) is 29.2 cm³/mol. The summed E-state index contributed by atoms with van der Waals surface area (Å²) in [6, 6.07) is 0. The summed E-state index contributed by atoms with van der Waals surface area (Å²) < 4.78 is 0. The van der Waals surface area contributed by atoms with E-state index < -0.39 is 30.6 Å². The largest absolute Gasteiger partial charge is 0.388 e. The Morgan fingerprint density at radius 1 is 0.900 bits per heavy atom. The molecule has 0 aliphatic rings. The van der Waals surface area contributed by atoms with E-state index in [2.05, 4.69) is 0 Å². The first kappa shape index (κ1) is 8.93. The fraction of sp³-hybridized carbons (Fsp3) is 0.400. The second-order valence-electron chi connectivity index (χ2n) is 1.49. The number of rotatable bonds is 4. The van der Waals surface area contributed by atoms with Gasteiger partial charge in [0.05, 0.1) is 0 Å². The maximum Gasteiger partial charge on any atom is 0.268 e. The normalized spacial score (nSPS) is 9.00. The van der Waals surface area contributed by atoms with Gasteiger partial charge in [0.1, 0.15) is 13.2 Å². The van der Waals surface area contributed by atoms with Crippen molar-refractivity contribution in [3.63, 3.8) is 0 Å². The minimum atomic E-state index is -1.36. The second kappa shape index (κ2) is 3.86. The summed E-state index contributed by atoms with van der Waals surface area (Å²) in [6.07, 6.45) is 0. The Hall–Kier alpha value is -1.07. The summed E-state index contributed by atoms with van der Waals surface area (Å²) in [6.45, 7) is -1.99. The van der Waals surface area contributed by atoms with Crippen molar-refractivity contribution in [2.24, 2.45) is 0 Å². The molecule has 56 valence electrons.